The normalized spacial score (nSPS) is 10.2. The van der Waals surface area contributed by atoms with Gasteiger partial charge in [0.1, 0.15) is 5.60 Å². The summed E-state index contributed by atoms with van der Waals surface area (Å²) in [4.78, 5) is 9.79. The molecule has 0 aromatic carbocycles. The Morgan fingerprint density at radius 1 is 1.25 bits per heavy atom. The van der Waals surface area contributed by atoms with Crippen molar-refractivity contribution in [3.63, 3.8) is 0 Å². The van der Waals surface area contributed by atoms with Crippen LogP contribution in [0, 0.1) is 5.92 Å². The average Bonchev–Trinajstić information content (AvgIpc) is 1.52. The summed E-state index contributed by atoms with van der Waals surface area (Å²) in [6.45, 7) is 11.5. The van der Waals surface area contributed by atoms with Gasteiger partial charge in [-0.1, -0.05) is 20.8 Å². The molecule has 0 aliphatic rings. The van der Waals surface area contributed by atoms with Crippen LogP contribution < -0.4 is 0 Å². The van der Waals surface area contributed by atoms with Gasteiger partial charge in [0.15, 0.2) is 0 Å². The van der Waals surface area contributed by atoms with Gasteiger partial charge >= 0.3 is 6.16 Å². The third-order valence-corrected chi connectivity index (χ3v) is 0.393. The van der Waals surface area contributed by atoms with Crippen LogP contribution in [0.1, 0.15) is 41.5 Å². The van der Waals surface area contributed by atoms with Crippen molar-refractivity contribution in [3.05, 3.63) is 0 Å². The predicted molar refractivity (Wildman–Crippen MR) is 49.4 cm³/mol. The molecule has 3 nitrogen and oxygen atoms in total. The molecule has 0 fully saturated rings. The minimum absolute atomic E-state index is 0.578. The van der Waals surface area contributed by atoms with E-state index in [2.05, 4.69) is 25.5 Å². The third kappa shape index (κ3) is 34.8. The number of carboxylic acid groups (broad SMARTS) is 1. The number of rotatable bonds is 0. The van der Waals surface area contributed by atoms with E-state index in [0.717, 1.165) is 5.92 Å². The van der Waals surface area contributed by atoms with Crippen LogP contribution >= 0.6 is 0 Å². The molecule has 0 aliphatic carbocycles. The molecule has 0 unspecified atom stereocenters. The van der Waals surface area contributed by atoms with E-state index in [-0.39, 0.29) is 0 Å². The smallest absolute Gasteiger partial charge is 0.450 e. The molecule has 0 rings (SSSR count). The fourth-order valence-electron chi connectivity index (χ4n) is 0.262. The van der Waals surface area contributed by atoms with Crippen molar-refractivity contribution in [1.29, 1.82) is 0 Å². The highest BCUT2D eigenvalue weighted by Gasteiger charge is 2.13. The van der Waals surface area contributed by atoms with E-state index < -0.39 is 11.8 Å². The van der Waals surface area contributed by atoms with E-state index in [4.69, 9.17) is 5.11 Å². The van der Waals surface area contributed by atoms with Gasteiger partial charge in [-0.2, -0.15) is 0 Å². The fraction of sp³-hybridized carbons (Fsp3) is 0.889. The first-order chi connectivity index (χ1) is 5.15. The van der Waals surface area contributed by atoms with Crippen molar-refractivity contribution in [1.82, 2.24) is 0 Å². The largest absolute Gasteiger partial charge is 0.506 e. The van der Waals surface area contributed by atoms with Gasteiger partial charge in [-0.05, 0) is 26.7 Å². The Morgan fingerprint density at radius 2 is 1.50 bits per heavy atom. The van der Waals surface area contributed by atoms with Gasteiger partial charge in [0.25, 0.3) is 0 Å². The third-order valence-electron chi connectivity index (χ3n) is 0.393. The van der Waals surface area contributed by atoms with Crippen LogP contribution in [0.15, 0.2) is 0 Å². The number of ether oxygens (including phenoxy) is 1. The highest BCUT2D eigenvalue weighted by atomic mass is 16.7. The number of carbonyl (C=O) groups is 1. The van der Waals surface area contributed by atoms with Crippen LogP contribution in [0.4, 0.5) is 4.79 Å². The molecule has 12 heavy (non-hydrogen) atoms. The maximum Gasteiger partial charge on any atom is 0.506 e. The van der Waals surface area contributed by atoms with Crippen molar-refractivity contribution in [3.8, 4) is 0 Å². The molecule has 1 N–H and O–H groups in total. The lowest BCUT2D eigenvalue weighted by molar-refractivity contribution is 0.0150. The maximum absolute atomic E-state index is 9.79. The quantitative estimate of drug-likeness (QED) is 0.577. The molecule has 3 heteroatoms. The zero-order valence-electron chi connectivity index (χ0n) is 8.84. The highest BCUT2D eigenvalue weighted by molar-refractivity contribution is 5.57. The second kappa shape index (κ2) is 5.86. The summed E-state index contributed by atoms with van der Waals surface area (Å²) in [5, 5.41) is 8.03. The van der Waals surface area contributed by atoms with Crippen molar-refractivity contribution in [2.45, 2.75) is 47.1 Å². The van der Waals surface area contributed by atoms with Gasteiger partial charge in [0.05, 0.1) is 0 Å². The molecule has 74 valence electrons. The standard InChI is InChI=1S/C5H10O3.C4H10/c1-5(2,3)8-4(6)7;1-4(2)3/h1-3H3,(H,6,7);4H,1-3H3. The predicted octanol–water partition coefficient (Wildman–Crippen LogP) is 3.14. The Morgan fingerprint density at radius 3 is 1.50 bits per heavy atom. The van der Waals surface area contributed by atoms with Gasteiger partial charge in [-0.25, -0.2) is 4.79 Å². The molecule has 0 radical (unpaired) electrons. The summed E-state index contributed by atoms with van der Waals surface area (Å²) in [6, 6.07) is 0. The molecular weight excluding hydrogens is 156 g/mol. The van der Waals surface area contributed by atoms with Gasteiger partial charge in [0, 0.05) is 0 Å². The molecule has 0 aliphatic heterocycles. The molecule has 0 heterocycles. The van der Waals surface area contributed by atoms with Crippen LogP contribution in [0.2, 0.25) is 0 Å². The minimum atomic E-state index is -1.22. The molecule has 0 saturated heterocycles. The fourth-order valence-corrected chi connectivity index (χ4v) is 0.262. The van der Waals surface area contributed by atoms with Crippen LogP contribution in [-0.2, 0) is 4.74 Å². The lowest BCUT2D eigenvalue weighted by Crippen LogP contribution is -2.22. The number of hydrogen-bond acceptors (Lipinski definition) is 2. The van der Waals surface area contributed by atoms with Gasteiger partial charge in [-0.3, -0.25) is 0 Å². The maximum atomic E-state index is 9.79. The summed E-state index contributed by atoms with van der Waals surface area (Å²) in [5.41, 5.74) is -0.578. The molecular formula is C9H20O3. The Balaban J connectivity index is 0. The number of hydrogen-bond donors (Lipinski definition) is 1. The summed E-state index contributed by atoms with van der Waals surface area (Å²) in [6.07, 6.45) is -1.22. The van der Waals surface area contributed by atoms with Gasteiger partial charge in [-0.15, -0.1) is 0 Å². The Kier molecular flexibility index (Phi) is 6.76. The first kappa shape index (κ1) is 13.8. The van der Waals surface area contributed by atoms with E-state index in [1.54, 1.807) is 20.8 Å². The molecule has 0 aromatic heterocycles. The zero-order chi connectivity index (χ0) is 10.4. The van der Waals surface area contributed by atoms with E-state index in [9.17, 15) is 4.79 Å². The van der Waals surface area contributed by atoms with Crippen LogP contribution in [-0.4, -0.2) is 16.9 Å². The van der Waals surface area contributed by atoms with Gasteiger partial charge in [0.2, 0.25) is 0 Å². The zero-order valence-corrected chi connectivity index (χ0v) is 8.84. The van der Waals surface area contributed by atoms with Crippen molar-refractivity contribution in [2.24, 2.45) is 5.92 Å². The van der Waals surface area contributed by atoms with E-state index in [0.29, 0.717) is 0 Å². The summed E-state index contributed by atoms with van der Waals surface area (Å²) >= 11 is 0. The molecule has 0 aromatic rings. The van der Waals surface area contributed by atoms with E-state index in [1.165, 1.54) is 0 Å². The molecule has 0 bridgehead atoms. The summed E-state index contributed by atoms with van der Waals surface area (Å²) in [7, 11) is 0. The van der Waals surface area contributed by atoms with Crippen molar-refractivity contribution in [2.75, 3.05) is 0 Å². The van der Waals surface area contributed by atoms with Crippen molar-refractivity contribution >= 4 is 6.16 Å². The molecule has 0 amide bonds. The first-order valence-electron chi connectivity index (χ1n) is 4.07. The van der Waals surface area contributed by atoms with E-state index in [1.807, 2.05) is 0 Å². The van der Waals surface area contributed by atoms with Crippen LogP contribution in [0.5, 0.6) is 0 Å². The SMILES string of the molecule is CC(C)(C)OC(=O)O.CC(C)C. The summed E-state index contributed by atoms with van der Waals surface area (Å²) < 4.78 is 4.35. The van der Waals surface area contributed by atoms with Crippen molar-refractivity contribution < 1.29 is 14.6 Å². The monoisotopic (exact) mass is 176 g/mol. The van der Waals surface area contributed by atoms with Gasteiger partial charge < -0.3 is 9.84 Å². The van der Waals surface area contributed by atoms with Crippen LogP contribution in [0.3, 0.4) is 0 Å². The average molecular weight is 176 g/mol. The highest BCUT2D eigenvalue weighted by Crippen LogP contribution is 2.05. The van der Waals surface area contributed by atoms with Crippen LogP contribution in [0.25, 0.3) is 0 Å². The second-order valence-electron chi connectivity index (χ2n) is 4.21. The Labute approximate surface area is 74.7 Å². The second-order valence-corrected chi connectivity index (χ2v) is 4.21. The summed E-state index contributed by atoms with van der Waals surface area (Å²) in [5.74, 6) is 0.833. The lowest BCUT2D eigenvalue weighted by atomic mass is 10.2. The minimum Gasteiger partial charge on any atom is -0.450 e. The Bertz CT molecular complexity index is 119. The van der Waals surface area contributed by atoms with E-state index >= 15 is 0 Å². The Hall–Kier alpha value is -0.730. The topological polar surface area (TPSA) is 46.5 Å². The molecule has 0 saturated carbocycles. The molecule has 0 spiro atoms. The molecule has 0 atom stereocenters. The lowest BCUT2D eigenvalue weighted by Gasteiger charge is -2.15. The first-order valence-corrected chi connectivity index (χ1v) is 4.07.